The van der Waals surface area contributed by atoms with Gasteiger partial charge < -0.3 is 4.74 Å². The molecule has 5 nitrogen and oxygen atoms in total. The van der Waals surface area contributed by atoms with Gasteiger partial charge in [-0.1, -0.05) is 53.5 Å². The molecule has 1 N–H and O–H groups in total. The normalized spacial score (nSPS) is 12.7. The van der Waals surface area contributed by atoms with Gasteiger partial charge in [0.1, 0.15) is 10.9 Å². The first-order valence-electron chi connectivity index (χ1n) is 6.45. The largest absolute Gasteiger partial charge is 0.468 e. The summed E-state index contributed by atoms with van der Waals surface area (Å²) in [5, 5.41) is 0.267. The molecular formula is C15H13Cl2NO4S. The van der Waals surface area contributed by atoms with Crippen LogP contribution in [-0.2, 0) is 19.6 Å². The second kappa shape index (κ2) is 7.31. The van der Waals surface area contributed by atoms with Crippen LogP contribution in [0.3, 0.4) is 0 Å². The number of sulfonamides is 1. The van der Waals surface area contributed by atoms with Gasteiger partial charge in [0.2, 0.25) is 10.0 Å². The topological polar surface area (TPSA) is 72.5 Å². The van der Waals surface area contributed by atoms with Crippen LogP contribution in [0.2, 0.25) is 10.0 Å². The van der Waals surface area contributed by atoms with Gasteiger partial charge >= 0.3 is 5.97 Å². The van der Waals surface area contributed by atoms with Crippen LogP contribution in [0.1, 0.15) is 11.6 Å². The quantitative estimate of drug-likeness (QED) is 0.816. The number of benzene rings is 2. The Kier molecular flexibility index (Phi) is 5.64. The van der Waals surface area contributed by atoms with Gasteiger partial charge in [0.15, 0.2) is 0 Å². The van der Waals surface area contributed by atoms with E-state index in [1.54, 1.807) is 30.3 Å². The number of halogens is 2. The highest BCUT2D eigenvalue weighted by atomic mass is 35.5. The van der Waals surface area contributed by atoms with Crippen LogP contribution < -0.4 is 4.72 Å². The Hall–Kier alpha value is -1.60. The summed E-state index contributed by atoms with van der Waals surface area (Å²) in [7, 11) is -2.87. The fraction of sp³-hybridized carbons (Fsp3) is 0.133. The predicted octanol–water partition coefficient (Wildman–Crippen LogP) is 3.19. The fourth-order valence-corrected chi connectivity index (χ4v) is 3.87. The van der Waals surface area contributed by atoms with Gasteiger partial charge in [0, 0.05) is 5.02 Å². The zero-order valence-electron chi connectivity index (χ0n) is 12.0. The lowest BCUT2D eigenvalue weighted by Crippen LogP contribution is -2.34. The second-order valence-corrected chi connectivity index (χ2v) is 7.09. The van der Waals surface area contributed by atoms with Crippen molar-refractivity contribution in [3.05, 3.63) is 64.1 Å². The molecule has 0 fully saturated rings. The van der Waals surface area contributed by atoms with E-state index in [4.69, 9.17) is 23.2 Å². The first-order chi connectivity index (χ1) is 10.8. The number of hydrogen-bond donors (Lipinski definition) is 1. The number of carbonyl (C=O) groups excluding carboxylic acids is 1. The van der Waals surface area contributed by atoms with Crippen molar-refractivity contribution in [3.63, 3.8) is 0 Å². The summed E-state index contributed by atoms with van der Waals surface area (Å²) in [4.78, 5) is 11.8. The van der Waals surface area contributed by atoms with E-state index in [1.807, 2.05) is 0 Å². The number of methoxy groups -OCH3 is 1. The summed E-state index contributed by atoms with van der Waals surface area (Å²) >= 11 is 11.7. The van der Waals surface area contributed by atoms with E-state index in [0.29, 0.717) is 10.6 Å². The molecule has 0 saturated heterocycles. The monoisotopic (exact) mass is 373 g/mol. The van der Waals surface area contributed by atoms with Crippen molar-refractivity contribution in [1.29, 1.82) is 0 Å². The Morgan fingerprint density at radius 1 is 1.13 bits per heavy atom. The molecule has 0 aliphatic heterocycles. The molecule has 0 amide bonds. The molecule has 1 atom stereocenters. The molecule has 0 aliphatic rings. The summed E-state index contributed by atoms with van der Waals surface area (Å²) in [6, 6.07) is 11.2. The molecule has 0 saturated carbocycles. The van der Waals surface area contributed by atoms with E-state index in [1.165, 1.54) is 25.3 Å². The lowest BCUT2D eigenvalue weighted by Gasteiger charge is -2.17. The summed E-state index contributed by atoms with van der Waals surface area (Å²) < 4.78 is 32.0. The molecule has 8 heteroatoms. The van der Waals surface area contributed by atoms with Crippen LogP contribution >= 0.6 is 23.2 Å². The second-order valence-electron chi connectivity index (χ2n) is 4.56. The summed E-state index contributed by atoms with van der Waals surface area (Å²) in [5.74, 6) is -0.732. The van der Waals surface area contributed by atoms with Crippen molar-refractivity contribution in [2.24, 2.45) is 0 Å². The lowest BCUT2D eigenvalue weighted by atomic mass is 10.1. The highest BCUT2D eigenvalue weighted by Crippen LogP contribution is 2.26. The van der Waals surface area contributed by atoms with Crippen molar-refractivity contribution in [2.45, 2.75) is 10.9 Å². The molecule has 0 aromatic heterocycles. The van der Waals surface area contributed by atoms with Crippen LogP contribution in [0.4, 0.5) is 0 Å². The fourth-order valence-electron chi connectivity index (χ4n) is 1.93. The van der Waals surface area contributed by atoms with Crippen LogP contribution in [0, 0.1) is 0 Å². The van der Waals surface area contributed by atoms with E-state index in [-0.39, 0.29) is 9.92 Å². The number of hydrogen-bond acceptors (Lipinski definition) is 4. The van der Waals surface area contributed by atoms with Gasteiger partial charge in [-0.15, -0.1) is 0 Å². The third-order valence-corrected chi connectivity index (χ3v) is 5.17. The van der Waals surface area contributed by atoms with E-state index in [9.17, 15) is 13.2 Å². The smallest absolute Gasteiger partial charge is 0.328 e. The molecule has 23 heavy (non-hydrogen) atoms. The van der Waals surface area contributed by atoms with Gasteiger partial charge in [-0.05, 0) is 23.8 Å². The van der Waals surface area contributed by atoms with Gasteiger partial charge in [-0.3, -0.25) is 0 Å². The molecule has 0 heterocycles. The maximum atomic E-state index is 12.5. The minimum absolute atomic E-state index is 0.0401. The van der Waals surface area contributed by atoms with Crippen LogP contribution in [0.5, 0.6) is 0 Å². The van der Waals surface area contributed by atoms with Crippen molar-refractivity contribution in [1.82, 2.24) is 4.72 Å². The molecule has 2 aromatic carbocycles. The van der Waals surface area contributed by atoms with Gasteiger partial charge in [-0.2, -0.15) is 4.72 Å². The third-order valence-electron chi connectivity index (χ3n) is 3.03. The van der Waals surface area contributed by atoms with Gasteiger partial charge in [-0.25, -0.2) is 13.2 Å². The Morgan fingerprint density at radius 3 is 2.35 bits per heavy atom. The third kappa shape index (κ3) is 4.23. The zero-order valence-corrected chi connectivity index (χ0v) is 14.3. The first-order valence-corrected chi connectivity index (χ1v) is 8.69. The van der Waals surface area contributed by atoms with Crippen LogP contribution in [0.25, 0.3) is 0 Å². The minimum Gasteiger partial charge on any atom is -0.468 e. The van der Waals surface area contributed by atoms with Crippen molar-refractivity contribution < 1.29 is 17.9 Å². The van der Waals surface area contributed by atoms with Crippen molar-refractivity contribution >= 4 is 39.2 Å². The van der Waals surface area contributed by atoms with E-state index in [2.05, 4.69) is 9.46 Å². The van der Waals surface area contributed by atoms with Crippen molar-refractivity contribution in [3.8, 4) is 0 Å². The van der Waals surface area contributed by atoms with Gasteiger partial charge in [0.05, 0.1) is 12.1 Å². The Morgan fingerprint density at radius 2 is 1.78 bits per heavy atom. The highest BCUT2D eigenvalue weighted by Gasteiger charge is 2.29. The maximum Gasteiger partial charge on any atom is 0.328 e. The molecule has 122 valence electrons. The molecular weight excluding hydrogens is 361 g/mol. The number of ether oxygens (including phenoxy) is 1. The molecule has 2 aromatic rings. The summed E-state index contributed by atoms with van der Waals surface area (Å²) in [6.07, 6.45) is 0. The summed E-state index contributed by atoms with van der Waals surface area (Å²) in [6.45, 7) is 0. The standard InChI is InChI=1S/C15H13Cl2NO4S/c1-22-15(19)14(10-5-3-2-4-6-10)18-23(20,21)13-8-7-11(16)9-12(13)17/h2-9,14,18H,1H3. The Balaban J connectivity index is 2.40. The molecule has 0 radical (unpaired) electrons. The lowest BCUT2D eigenvalue weighted by molar-refractivity contribution is -0.142. The van der Waals surface area contributed by atoms with Gasteiger partial charge in [0.25, 0.3) is 0 Å². The average molecular weight is 374 g/mol. The summed E-state index contributed by atoms with van der Waals surface area (Å²) in [5.41, 5.74) is 0.452. The first kappa shape index (κ1) is 17.7. The molecule has 0 spiro atoms. The van der Waals surface area contributed by atoms with Crippen LogP contribution in [0.15, 0.2) is 53.4 Å². The molecule has 0 bridgehead atoms. The average Bonchev–Trinajstić information content (AvgIpc) is 2.52. The molecule has 2 rings (SSSR count). The van der Waals surface area contributed by atoms with E-state index >= 15 is 0 Å². The van der Waals surface area contributed by atoms with Crippen LogP contribution in [-0.4, -0.2) is 21.5 Å². The number of carbonyl (C=O) groups is 1. The Bertz CT molecular complexity index is 809. The number of rotatable bonds is 5. The van der Waals surface area contributed by atoms with Crippen molar-refractivity contribution in [2.75, 3.05) is 7.11 Å². The predicted molar refractivity (Wildman–Crippen MR) is 88.0 cm³/mol. The highest BCUT2D eigenvalue weighted by molar-refractivity contribution is 7.89. The molecule has 0 aliphatic carbocycles. The SMILES string of the molecule is COC(=O)C(NS(=O)(=O)c1ccc(Cl)cc1Cl)c1ccccc1. The number of nitrogens with one attached hydrogen (secondary N) is 1. The minimum atomic E-state index is -4.05. The van der Waals surface area contributed by atoms with E-state index < -0.39 is 22.0 Å². The molecule has 1 unspecified atom stereocenters. The van der Waals surface area contributed by atoms with E-state index in [0.717, 1.165) is 0 Å². The number of esters is 1. The zero-order chi connectivity index (χ0) is 17.0. The Labute approximate surface area is 144 Å². The maximum absolute atomic E-state index is 12.5.